The highest BCUT2D eigenvalue weighted by Gasteiger charge is 2.30. The van der Waals surface area contributed by atoms with Crippen LogP contribution in [0.25, 0.3) is 5.57 Å². The van der Waals surface area contributed by atoms with E-state index in [1.807, 2.05) is 18.2 Å². The van der Waals surface area contributed by atoms with E-state index in [0.717, 1.165) is 25.0 Å². The second-order valence-electron chi connectivity index (χ2n) is 5.32. The second-order valence-corrected chi connectivity index (χ2v) is 5.32. The van der Waals surface area contributed by atoms with Gasteiger partial charge in [-0.15, -0.1) is 0 Å². The number of hydrogen-bond donors (Lipinski definition) is 2. The fourth-order valence-corrected chi connectivity index (χ4v) is 2.69. The summed E-state index contributed by atoms with van der Waals surface area (Å²) in [5.74, 6) is 0. The summed E-state index contributed by atoms with van der Waals surface area (Å²) in [5, 5.41) is 13.2. The number of rotatable bonds is 5. The van der Waals surface area contributed by atoms with E-state index in [2.05, 4.69) is 24.0 Å². The topological polar surface area (TPSA) is 32.3 Å². The summed E-state index contributed by atoms with van der Waals surface area (Å²) in [7, 11) is 0. The van der Waals surface area contributed by atoms with Gasteiger partial charge in [-0.25, -0.2) is 0 Å². The van der Waals surface area contributed by atoms with Crippen molar-refractivity contribution in [3.63, 3.8) is 0 Å². The molecule has 2 nitrogen and oxygen atoms in total. The van der Waals surface area contributed by atoms with Gasteiger partial charge in [-0.3, -0.25) is 0 Å². The zero-order chi connectivity index (χ0) is 12.8. The Morgan fingerprint density at radius 1 is 1.17 bits per heavy atom. The molecule has 2 heteroatoms. The summed E-state index contributed by atoms with van der Waals surface area (Å²) < 4.78 is 0. The van der Waals surface area contributed by atoms with Crippen molar-refractivity contribution >= 4 is 5.57 Å². The summed E-state index contributed by atoms with van der Waals surface area (Å²) >= 11 is 0. The maximum atomic E-state index is 9.63. The Morgan fingerprint density at radius 3 is 2.44 bits per heavy atom. The fraction of sp³-hybridized carbons (Fsp3) is 0.500. The SMILES string of the molecule is C=C(CNC1(CO)CCCCC1)c1ccccc1. The molecule has 1 aliphatic rings. The quantitative estimate of drug-likeness (QED) is 0.836. The minimum Gasteiger partial charge on any atom is -0.394 e. The van der Waals surface area contributed by atoms with E-state index in [9.17, 15) is 5.11 Å². The lowest BCUT2D eigenvalue weighted by molar-refractivity contribution is 0.125. The lowest BCUT2D eigenvalue weighted by atomic mass is 9.82. The summed E-state index contributed by atoms with van der Waals surface area (Å²) in [4.78, 5) is 0. The minimum atomic E-state index is -0.0734. The molecule has 0 radical (unpaired) electrons. The molecule has 0 atom stereocenters. The van der Waals surface area contributed by atoms with Crippen LogP contribution in [0.4, 0.5) is 0 Å². The van der Waals surface area contributed by atoms with Gasteiger partial charge in [0.05, 0.1) is 6.61 Å². The first-order valence-corrected chi connectivity index (χ1v) is 6.85. The van der Waals surface area contributed by atoms with E-state index < -0.39 is 0 Å². The van der Waals surface area contributed by atoms with E-state index in [4.69, 9.17) is 0 Å². The minimum absolute atomic E-state index is 0.0734. The Morgan fingerprint density at radius 2 is 1.83 bits per heavy atom. The van der Waals surface area contributed by atoms with Crippen molar-refractivity contribution < 1.29 is 5.11 Å². The molecular formula is C16H23NO. The Bertz CT molecular complexity index is 379. The van der Waals surface area contributed by atoms with Crippen molar-refractivity contribution in [1.29, 1.82) is 0 Å². The monoisotopic (exact) mass is 245 g/mol. The van der Waals surface area contributed by atoms with Gasteiger partial charge in [0.25, 0.3) is 0 Å². The first-order chi connectivity index (χ1) is 8.76. The van der Waals surface area contributed by atoms with Gasteiger partial charge < -0.3 is 10.4 Å². The normalized spacial score (nSPS) is 18.5. The van der Waals surface area contributed by atoms with Crippen LogP contribution in [0, 0.1) is 0 Å². The lowest BCUT2D eigenvalue weighted by Crippen LogP contribution is -2.50. The molecule has 18 heavy (non-hydrogen) atoms. The maximum absolute atomic E-state index is 9.63. The summed E-state index contributed by atoms with van der Waals surface area (Å²) in [5.41, 5.74) is 2.19. The van der Waals surface area contributed by atoms with Crippen molar-refractivity contribution in [3.8, 4) is 0 Å². The third kappa shape index (κ3) is 3.21. The molecule has 0 aliphatic heterocycles. The molecule has 2 rings (SSSR count). The van der Waals surface area contributed by atoms with Gasteiger partial charge in [-0.2, -0.15) is 0 Å². The molecule has 1 aromatic carbocycles. The number of benzene rings is 1. The van der Waals surface area contributed by atoms with Gasteiger partial charge in [-0.1, -0.05) is 56.2 Å². The Labute approximate surface area is 110 Å². The molecule has 2 N–H and O–H groups in total. The average molecular weight is 245 g/mol. The van der Waals surface area contributed by atoms with Crippen molar-refractivity contribution in [2.45, 2.75) is 37.6 Å². The van der Waals surface area contributed by atoms with E-state index in [-0.39, 0.29) is 12.1 Å². The van der Waals surface area contributed by atoms with Gasteiger partial charge in [-0.05, 0) is 24.0 Å². The number of nitrogens with one attached hydrogen (secondary N) is 1. The predicted molar refractivity (Wildman–Crippen MR) is 76.4 cm³/mol. The smallest absolute Gasteiger partial charge is 0.0613 e. The molecule has 0 saturated heterocycles. The molecule has 0 spiro atoms. The summed E-state index contributed by atoms with van der Waals surface area (Å²) in [6, 6.07) is 10.2. The van der Waals surface area contributed by atoms with Crippen LogP contribution < -0.4 is 5.32 Å². The van der Waals surface area contributed by atoms with Crippen molar-refractivity contribution in [2.24, 2.45) is 0 Å². The highest BCUT2D eigenvalue weighted by Crippen LogP contribution is 2.28. The molecule has 0 unspecified atom stereocenters. The van der Waals surface area contributed by atoms with E-state index in [1.54, 1.807) is 0 Å². The highest BCUT2D eigenvalue weighted by atomic mass is 16.3. The number of aliphatic hydroxyl groups is 1. The average Bonchev–Trinajstić information content (AvgIpc) is 2.47. The van der Waals surface area contributed by atoms with Crippen LogP contribution in [0.1, 0.15) is 37.7 Å². The third-order valence-corrected chi connectivity index (χ3v) is 3.97. The molecule has 1 aliphatic carbocycles. The third-order valence-electron chi connectivity index (χ3n) is 3.97. The van der Waals surface area contributed by atoms with Crippen LogP contribution in [0.15, 0.2) is 36.9 Å². The maximum Gasteiger partial charge on any atom is 0.0613 e. The van der Waals surface area contributed by atoms with Crippen molar-refractivity contribution in [1.82, 2.24) is 5.32 Å². The second kappa shape index (κ2) is 6.17. The Kier molecular flexibility index (Phi) is 4.56. The first-order valence-electron chi connectivity index (χ1n) is 6.85. The van der Waals surface area contributed by atoms with E-state index in [0.29, 0.717) is 0 Å². The number of aliphatic hydroxyl groups excluding tert-OH is 1. The zero-order valence-corrected chi connectivity index (χ0v) is 11.0. The number of hydrogen-bond acceptors (Lipinski definition) is 2. The van der Waals surface area contributed by atoms with Crippen LogP contribution in [-0.4, -0.2) is 23.8 Å². The lowest BCUT2D eigenvalue weighted by Gasteiger charge is -2.37. The van der Waals surface area contributed by atoms with E-state index in [1.165, 1.54) is 24.8 Å². The van der Waals surface area contributed by atoms with Crippen molar-refractivity contribution in [2.75, 3.05) is 13.2 Å². The molecule has 0 bridgehead atoms. The molecule has 98 valence electrons. The zero-order valence-electron chi connectivity index (χ0n) is 11.0. The highest BCUT2D eigenvalue weighted by molar-refractivity contribution is 5.64. The first kappa shape index (κ1) is 13.3. The van der Waals surface area contributed by atoms with Crippen LogP contribution in [-0.2, 0) is 0 Å². The van der Waals surface area contributed by atoms with Crippen LogP contribution in [0.5, 0.6) is 0 Å². The van der Waals surface area contributed by atoms with Gasteiger partial charge in [0.15, 0.2) is 0 Å². The molecule has 0 amide bonds. The molecule has 1 aromatic rings. The summed E-state index contributed by atoms with van der Waals surface area (Å²) in [6.07, 6.45) is 5.87. The van der Waals surface area contributed by atoms with Gasteiger partial charge in [0.2, 0.25) is 0 Å². The molecule has 1 fully saturated rings. The van der Waals surface area contributed by atoms with Crippen LogP contribution in [0.3, 0.4) is 0 Å². The van der Waals surface area contributed by atoms with Gasteiger partial charge in [0.1, 0.15) is 0 Å². The Balaban J connectivity index is 1.92. The van der Waals surface area contributed by atoms with Gasteiger partial charge in [0, 0.05) is 12.1 Å². The molecular weight excluding hydrogens is 222 g/mol. The molecule has 1 saturated carbocycles. The predicted octanol–water partition coefficient (Wildman–Crippen LogP) is 2.98. The Hall–Kier alpha value is -1.12. The fourth-order valence-electron chi connectivity index (χ4n) is 2.69. The van der Waals surface area contributed by atoms with E-state index >= 15 is 0 Å². The molecule has 0 heterocycles. The molecule has 0 aromatic heterocycles. The van der Waals surface area contributed by atoms with Gasteiger partial charge >= 0.3 is 0 Å². The summed E-state index contributed by atoms with van der Waals surface area (Å²) in [6.45, 7) is 5.12. The largest absolute Gasteiger partial charge is 0.394 e. The van der Waals surface area contributed by atoms with Crippen LogP contribution in [0.2, 0.25) is 0 Å². The van der Waals surface area contributed by atoms with Crippen LogP contribution >= 0.6 is 0 Å². The van der Waals surface area contributed by atoms with Crippen molar-refractivity contribution in [3.05, 3.63) is 42.5 Å². The standard InChI is InChI=1S/C16H23NO/c1-14(15-8-4-2-5-9-15)12-17-16(13-18)10-6-3-7-11-16/h2,4-5,8-9,17-18H,1,3,6-7,10-13H2.